The summed E-state index contributed by atoms with van der Waals surface area (Å²) in [6.45, 7) is 13.2. The summed E-state index contributed by atoms with van der Waals surface area (Å²) in [5.41, 5.74) is -0.305. The van der Waals surface area contributed by atoms with Crippen molar-refractivity contribution >= 4 is 0 Å². The molecule has 0 bridgehead atoms. The first-order chi connectivity index (χ1) is 9.17. The van der Waals surface area contributed by atoms with Crippen LogP contribution in [0.25, 0.3) is 0 Å². The zero-order chi connectivity index (χ0) is 14.6. The van der Waals surface area contributed by atoms with Crippen molar-refractivity contribution in [1.29, 1.82) is 5.26 Å². The van der Waals surface area contributed by atoms with Crippen molar-refractivity contribution in [2.24, 2.45) is 0 Å². The van der Waals surface area contributed by atoms with E-state index in [0.717, 1.165) is 38.8 Å². The molecule has 0 heterocycles. The number of hydrogen-bond acceptors (Lipinski definition) is 3. The van der Waals surface area contributed by atoms with Gasteiger partial charge in [-0.05, 0) is 64.7 Å². The first-order valence-electron chi connectivity index (χ1n) is 8.06. The molecule has 0 rings (SSSR count). The zero-order valence-electron chi connectivity index (χ0n) is 13.5. The molecular formula is C16H33N3. The van der Waals surface area contributed by atoms with Crippen LogP contribution in [0.1, 0.15) is 66.2 Å². The third kappa shape index (κ3) is 7.54. The Balaban J connectivity index is 4.19. The molecule has 0 aromatic carbocycles. The highest BCUT2D eigenvalue weighted by Crippen LogP contribution is 2.17. The highest BCUT2D eigenvalue weighted by Gasteiger charge is 2.26. The van der Waals surface area contributed by atoms with Crippen LogP contribution in [0.5, 0.6) is 0 Å². The van der Waals surface area contributed by atoms with Crippen LogP contribution in [0.3, 0.4) is 0 Å². The topological polar surface area (TPSA) is 39.1 Å². The SMILES string of the molecule is CCCNC(C#N)(CC)CCCN(CCC)CCC. The molecule has 1 N–H and O–H groups in total. The van der Waals surface area contributed by atoms with Gasteiger partial charge in [0, 0.05) is 0 Å². The molecule has 0 saturated carbocycles. The summed E-state index contributed by atoms with van der Waals surface area (Å²) in [6, 6.07) is 2.51. The molecule has 19 heavy (non-hydrogen) atoms. The molecule has 0 aromatic rings. The summed E-state index contributed by atoms with van der Waals surface area (Å²) in [5, 5.41) is 12.9. The molecule has 1 atom stereocenters. The smallest absolute Gasteiger partial charge is 0.106 e. The second-order valence-corrected chi connectivity index (χ2v) is 5.42. The minimum atomic E-state index is -0.305. The minimum absolute atomic E-state index is 0.305. The average Bonchev–Trinajstić information content (AvgIpc) is 2.43. The standard InChI is InChI=1S/C16H33N3/c1-5-11-18-16(8-4,15-17)10-9-14-19(12-6-2)13-7-3/h18H,5-14H2,1-4H3. The fourth-order valence-corrected chi connectivity index (χ4v) is 2.50. The van der Waals surface area contributed by atoms with E-state index >= 15 is 0 Å². The van der Waals surface area contributed by atoms with Crippen molar-refractivity contribution in [2.75, 3.05) is 26.2 Å². The predicted molar refractivity (Wildman–Crippen MR) is 83.2 cm³/mol. The molecule has 0 saturated heterocycles. The van der Waals surface area contributed by atoms with Gasteiger partial charge in [-0.2, -0.15) is 5.26 Å². The van der Waals surface area contributed by atoms with Gasteiger partial charge in [0.25, 0.3) is 0 Å². The van der Waals surface area contributed by atoms with Crippen LogP contribution in [-0.4, -0.2) is 36.6 Å². The molecule has 1 unspecified atom stereocenters. The van der Waals surface area contributed by atoms with Gasteiger partial charge in [0.1, 0.15) is 5.54 Å². The minimum Gasteiger partial charge on any atom is -0.303 e. The summed E-state index contributed by atoms with van der Waals surface area (Å²) in [6.07, 6.45) is 6.48. The van der Waals surface area contributed by atoms with Crippen LogP contribution in [-0.2, 0) is 0 Å². The van der Waals surface area contributed by atoms with Gasteiger partial charge >= 0.3 is 0 Å². The third-order valence-corrected chi connectivity index (χ3v) is 3.69. The van der Waals surface area contributed by atoms with Crippen molar-refractivity contribution in [3.8, 4) is 6.07 Å². The molecule has 0 radical (unpaired) electrons. The van der Waals surface area contributed by atoms with Crippen molar-refractivity contribution < 1.29 is 0 Å². The monoisotopic (exact) mass is 267 g/mol. The zero-order valence-corrected chi connectivity index (χ0v) is 13.5. The van der Waals surface area contributed by atoms with E-state index in [1.807, 2.05) is 0 Å². The van der Waals surface area contributed by atoms with E-state index in [2.05, 4.69) is 44.0 Å². The lowest BCUT2D eigenvalue weighted by atomic mass is 9.91. The lowest BCUT2D eigenvalue weighted by Crippen LogP contribution is -2.44. The van der Waals surface area contributed by atoms with Crippen LogP contribution in [0, 0.1) is 11.3 Å². The van der Waals surface area contributed by atoms with E-state index in [0.29, 0.717) is 0 Å². The van der Waals surface area contributed by atoms with E-state index < -0.39 is 0 Å². The van der Waals surface area contributed by atoms with E-state index in [1.165, 1.54) is 25.9 Å². The molecule has 0 fully saturated rings. The van der Waals surface area contributed by atoms with Crippen molar-refractivity contribution in [1.82, 2.24) is 10.2 Å². The summed E-state index contributed by atoms with van der Waals surface area (Å²) in [7, 11) is 0. The largest absolute Gasteiger partial charge is 0.303 e. The molecule has 0 spiro atoms. The maximum absolute atomic E-state index is 9.45. The first-order valence-corrected chi connectivity index (χ1v) is 8.06. The van der Waals surface area contributed by atoms with Crippen LogP contribution in [0.4, 0.5) is 0 Å². The van der Waals surface area contributed by atoms with Gasteiger partial charge in [0.15, 0.2) is 0 Å². The molecule has 0 aliphatic rings. The lowest BCUT2D eigenvalue weighted by molar-refractivity contribution is 0.253. The average molecular weight is 267 g/mol. The Morgan fingerprint density at radius 1 is 1.00 bits per heavy atom. The quantitative estimate of drug-likeness (QED) is 0.587. The van der Waals surface area contributed by atoms with Crippen LogP contribution < -0.4 is 5.32 Å². The summed E-state index contributed by atoms with van der Waals surface area (Å²) in [5.74, 6) is 0. The van der Waals surface area contributed by atoms with E-state index in [4.69, 9.17) is 0 Å². The highest BCUT2D eigenvalue weighted by molar-refractivity contribution is 5.06. The van der Waals surface area contributed by atoms with Gasteiger partial charge in [-0.15, -0.1) is 0 Å². The normalized spacial score (nSPS) is 14.3. The van der Waals surface area contributed by atoms with Crippen LogP contribution in [0.2, 0.25) is 0 Å². The summed E-state index contributed by atoms with van der Waals surface area (Å²) < 4.78 is 0. The van der Waals surface area contributed by atoms with E-state index in [9.17, 15) is 5.26 Å². The van der Waals surface area contributed by atoms with Gasteiger partial charge in [-0.3, -0.25) is 5.32 Å². The number of nitriles is 1. The Morgan fingerprint density at radius 3 is 2.05 bits per heavy atom. The van der Waals surface area contributed by atoms with Crippen LogP contribution >= 0.6 is 0 Å². The molecular weight excluding hydrogens is 234 g/mol. The van der Waals surface area contributed by atoms with Gasteiger partial charge < -0.3 is 4.90 Å². The Kier molecular flexibility index (Phi) is 10.9. The fourth-order valence-electron chi connectivity index (χ4n) is 2.50. The highest BCUT2D eigenvalue weighted by atomic mass is 15.1. The Hall–Kier alpha value is -0.590. The lowest BCUT2D eigenvalue weighted by Gasteiger charge is -2.28. The van der Waals surface area contributed by atoms with E-state index in [1.54, 1.807) is 0 Å². The predicted octanol–water partition coefficient (Wildman–Crippen LogP) is 3.56. The molecule has 0 aliphatic heterocycles. The number of hydrogen-bond donors (Lipinski definition) is 1. The Bertz CT molecular complexity index is 241. The molecule has 0 amide bonds. The Labute approximate surface area is 120 Å². The van der Waals surface area contributed by atoms with Gasteiger partial charge in [0.05, 0.1) is 6.07 Å². The number of nitrogens with one attached hydrogen (secondary N) is 1. The van der Waals surface area contributed by atoms with Crippen molar-refractivity contribution in [3.05, 3.63) is 0 Å². The fraction of sp³-hybridized carbons (Fsp3) is 0.938. The van der Waals surface area contributed by atoms with Crippen molar-refractivity contribution in [3.63, 3.8) is 0 Å². The second-order valence-electron chi connectivity index (χ2n) is 5.42. The summed E-state index contributed by atoms with van der Waals surface area (Å²) in [4.78, 5) is 2.53. The Morgan fingerprint density at radius 2 is 1.63 bits per heavy atom. The third-order valence-electron chi connectivity index (χ3n) is 3.69. The second kappa shape index (κ2) is 11.3. The molecule has 0 aromatic heterocycles. The van der Waals surface area contributed by atoms with Crippen molar-refractivity contribution in [2.45, 2.75) is 71.8 Å². The maximum Gasteiger partial charge on any atom is 0.106 e. The van der Waals surface area contributed by atoms with Crippen LogP contribution in [0.15, 0.2) is 0 Å². The van der Waals surface area contributed by atoms with E-state index in [-0.39, 0.29) is 5.54 Å². The number of nitrogens with zero attached hydrogens (tertiary/aromatic N) is 2. The summed E-state index contributed by atoms with van der Waals surface area (Å²) >= 11 is 0. The molecule has 0 aliphatic carbocycles. The molecule has 112 valence electrons. The van der Waals surface area contributed by atoms with Gasteiger partial charge in [-0.25, -0.2) is 0 Å². The molecule has 3 heteroatoms. The van der Waals surface area contributed by atoms with Gasteiger partial charge in [0.2, 0.25) is 0 Å². The van der Waals surface area contributed by atoms with Gasteiger partial charge in [-0.1, -0.05) is 27.7 Å². The molecule has 3 nitrogen and oxygen atoms in total. The maximum atomic E-state index is 9.45. The first kappa shape index (κ1) is 18.4. The number of rotatable bonds is 12.